The highest BCUT2D eigenvalue weighted by Gasteiger charge is 2.10. The number of carbonyl (C=O) groups is 1. The molecule has 0 saturated carbocycles. The summed E-state index contributed by atoms with van der Waals surface area (Å²) in [6, 6.07) is 9.97. The van der Waals surface area contributed by atoms with E-state index in [2.05, 4.69) is 25.6 Å². The molecule has 9 nitrogen and oxygen atoms in total. The van der Waals surface area contributed by atoms with Crippen molar-refractivity contribution < 1.29 is 9.21 Å². The molecule has 0 spiro atoms. The van der Waals surface area contributed by atoms with Crippen molar-refractivity contribution >= 4 is 51.7 Å². The lowest BCUT2D eigenvalue weighted by Gasteiger charge is -2.11. The van der Waals surface area contributed by atoms with E-state index in [-0.39, 0.29) is 10.6 Å². The molecule has 0 radical (unpaired) electrons. The Bertz CT molecular complexity index is 1300. The molecule has 0 fully saturated rings. The third kappa shape index (κ3) is 3.90. The van der Waals surface area contributed by atoms with Crippen molar-refractivity contribution in [1.82, 2.24) is 15.0 Å². The van der Waals surface area contributed by atoms with Crippen LogP contribution < -0.4 is 22.1 Å². The van der Waals surface area contributed by atoms with Crippen molar-refractivity contribution in [2.75, 3.05) is 10.6 Å². The SMILES string of the molecule is Cc1cnc(Nc2ccc(C(N)=O)c(Cl)c2)nc1Nc1ccc2oc(=O)[nH]c2c1. The van der Waals surface area contributed by atoms with Crippen molar-refractivity contribution in [2.24, 2.45) is 5.73 Å². The predicted molar refractivity (Wildman–Crippen MR) is 110 cm³/mol. The predicted octanol–water partition coefficient (Wildman–Crippen LogP) is 3.46. The fourth-order valence-electron chi connectivity index (χ4n) is 2.72. The minimum absolute atomic E-state index is 0.232. The van der Waals surface area contributed by atoms with E-state index in [9.17, 15) is 9.59 Å². The van der Waals surface area contributed by atoms with Crippen LogP contribution in [0.5, 0.6) is 0 Å². The maximum Gasteiger partial charge on any atom is 0.417 e. The van der Waals surface area contributed by atoms with Gasteiger partial charge >= 0.3 is 5.76 Å². The summed E-state index contributed by atoms with van der Waals surface area (Å²) in [4.78, 5) is 33.9. The van der Waals surface area contributed by atoms with Gasteiger partial charge in [-0.05, 0) is 43.3 Å². The lowest BCUT2D eigenvalue weighted by molar-refractivity contribution is 0.100. The van der Waals surface area contributed by atoms with Crippen LogP contribution >= 0.6 is 11.6 Å². The number of primary amides is 1. The number of nitrogens with one attached hydrogen (secondary N) is 3. The van der Waals surface area contributed by atoms with Gasteiger partial charge in [0.15, 0.2) is 5.58 Å². The smallest absolute Gasteiger partial charge is 0.408 e. The molecular formula is C19H15ClN6O3. The largest absolute Gasteiger partial charge is 0.417 e. The number of hydrogen-bond donors (Lipinski definition) is 4. The number of oxazole rings is 1. The number of nitrogens with zero attached hydrogens (tertiary/aromatic N) is 2. The van der Waals surface area contributed by atoms with E-state index in [1.807, 2.05) is 6.92 Å². The number of carbonyl (C=O) groups excluding carboxylic acids is 1. The summed E-state index contributed by atoms with van der Waals surface area (Å²) < 4.78 is 5.00. The maximum atomic E-state index is 11.3. The van der Waals surface area contributed by atoms with Gasteiger partial charge in [-0.25, -0.2) is 9.78 Å². The lowest BCUT2D eigenvalue weighted by Crippen LogP contribution is -2.11. The van der Waals surface area contributed by atoms with Crippen LogP contribution in [0.1, 0.15) is 15.9 Å². The molecule has 0 aliphatic rings. The number of aromatic amines is 1. The molecule has 29 heavy (non-hydrogen) atoms. The van der Waals surface area contributed by atoms with Crippen LogP contribution in [0.15, 0.2) is 51.8 Å². The van der Waals surface area contributed by atoms with Gasteiger partial charge in [0.25, 0.3) is 0 Å². The zero-order valence-electron chi connectivity index (χ0n) is 15.1. The Balaban J connectivity index is 1.59. The number of anilines is 4. The van der Waals surface area contributed by atoms with Crippen LogP contribution in [0.2, 0.25) is 5.02 Å². The Morgan fingerprint density at radius 3 is 2.69 bits per heavy atom. The molecule has 0 saturated heterocycles. The fourth-order valence-corrected chi connectivity index (χ4v) is 2.99. The first-order valence-electron chi connectivity index (χ1n) is 8.49. The van der Waals surface area contributed by atoms with Gasteiger partial charge in [-0.1, -0.05) is 11.6 Å². The zero-order valence-corrected chi connectivity index (χ0v) is 15.9. The first-order valence-corrected chi connectivity index (χ1v) is 8.87. The lowest BCUT2D eigenvalue weighted by atomic mass is 10.2. The Morgan fingerprint density at radius 2 is 1.93 bits per heavy atom. The summed E-state index contributed by atoms with van der Waals surface area (Å²) in [6.07, 6.45) is 1.66. The molecule has 2 heterocycles. The number of benzene rings is 2. The Labute approximate surface area is 168 Å². The molecule has 4 aromatic rings. The summed E-state index contributed by atoms with van der Waals surface area (Å²) in [7, 11) is 0. The number of fused-ring (bicyclic) bond motifs is 1. The summed E-state index contributed by atoms with van der Waals surface area (Å²) in [5, 5.41) is 6.46. The Morgan fingerprint density at radius 1 is 1.17 bits per heavy atom. The van der Waals surface area contributed by atoms with E-state index in [0.717, 1.165) is 11.3 Å². The highest BCUT2D eigenvalue weighted by Crippen LogP contribution is 2.25. The second kappa shape index (κ2) is 7.28. The standard InChI is InChI=1S/C19H15ClN6O3/c1-9-8-22-18(24-10-2-4-12(16(21)27)13(20)6-10)26-17(9)23-11-3-5-15-14(7-11)25-19(28)29-15/h2-8H,1H3,(H2,21,27)(H,25,28)(H2,22,23,24,26). The van der Waals surface area contributed by atoms with Gasteiger partial charge in [-0.3, -0.25) is 9.78 Å². The molecule has 1 amide bonds. The number of aromatic nitrogens is 3. The molecular weight excluding hydrogens is 396 g/mol. The normalized spacial score (nSPS) is 10.8. The van der Waals surface area contributed by atoms with Gasteiger partial charge in [0, 0.05) is 23.1 Å². The Kier molecular flexibility index (Phi) is 4.65. The molecule has 5 N–H and O–H groups in total. The van der Waals surface area contributed by atoms with Crippen LogP contribution in [0, 0.1) is 6.92 Å². The van der Waals surface area contributed by atoms with E-state index in [0.29, 0.717) is 28.6 Å². The van der Waals surface area contributed by atoms with Gasteiger partial charge in [0.1, 0.15) is 5.82 Å². The first-order chi connectivity index (χ1) is 13.9. The third-order valence-electron chi connectivity index (χ3n) is 4.14. The molecule has 0 aliphatic heterocycles. The zero-order chi connectivity index (χ0) is 20.5. The molecule has 0 aliphatic carbocycles. The van der Waals surface area contributed by atoms with Gasteiger partial charge in [-0.15, -0.1) is 0 Å². The number of rotatable bonds is 5. The van der Waals surface area contributed by atoms with E-state index < -0.39 is 11.7 Å². The second-order valence-electron chi connectivity index (χ2n) is 6.26. The van der Waals surface area contributed by atoms with Crippen LogP contribution in [-0.2, 0) is 0 Å². The molecule has 4 rings (SSSR count). The Hall–Kier alpha value is -3.85. The highest BCUT2D eigenvalue weighted by molar-refractivity contribution is 6.34. The molecule has 2 aromatic carbocycles. The number of amides is 1. The monoisotopic (exact) mass is 410 g/mol. The number of hydrogen-bond acceptors (Lipinski definition) is 7. The molecule has 0 atom stereocenters. The van der Waals surface area contributed by atoms with Crippen molar-refractivity contribution in [3.63, 3.8) is 0 Å². The summed E-state index contributed by atoms with van der Waals surface area (Å²) in [5.41, 5.74) is 8.68. The van der Waals surface area contributed by atoms with Gasteiger partial charge in [0.2, 0.25) is 11.9 Å². The van der Waals surface area contributed by atoms with E-state index >= 15 is 0 Å². The maximum absolute atomic E-state index is 11.3. The van der Waals surface area contributed by atoms with Gasteiger partial charge < -0.3 is 20.8 Å². The minimum Gasteiger partial charge on any atom is -0.408 e. The second-order valence-corrected chi connectivity index (χ2v) is 6.67. The minimum atomic E-state index is -0.601. The number of aryl methyl sites for hydroxylation is 1. The fraction of sp³-hybridized carbons (Fsp3) is 0.0526. The van der Waals surface area contributed by atoms with Crippen molar-refractivity contribution in [1.29, 1.82) is 0 Å². The van der Waals surface area contributed by atoms with Gasteiger partial charge in [-0.2, -0.15) is 4.98 Å². The van der Waals surface area contributed by atoms with Crippen LogP contribution in [0.25, 0.3) is 11.1 Å². The van der Waals surface area contributed by atoms with E-state index in [4.69, 9.17) is 21.8 Å². The topological polar surface area (TPSA) is 139 Å². The van der Waals surface area contributed by atoms with Crippen molar-refractivity contribution in [2.45, 2.75) is 6.92 Å². The van der Waals surface area contributed by atoms with Crippen LogP contribution in [0.3, 0.4) is 0 Å². The van der Waals surface area contributed by atoms with Gasteiger partial charge in [0.05, 0.1) is 16.1 Å². The summed E-state index contributed by atoms with van der Waals surface area (Å²) >= 11 is 6.08. The number of halogens is 1. The molecule has 10 heteroatoms. The number of H-pyrrole nitrogens is 1. The average molecular weight is 411 g/mol. The van der Waals surface area contributed by atoms with Crippen molar-refractivity contribution in [3.8, 4) is 0 Å². The molecule has 0 unspecified atom stereocenters. The molecule has 0 bridgehead atoms. The first kappa shape index (κ1) is 18.5. The molecule has 2 aromatic heterocycles. The number of nitrogens with two attached hydrogens (primary N) is 1. The summed E-state index contributed by atoms with van der Waals surface area (Å²) in [5.74, 6) is -0.204. The van der Waals surface area contributed by atoms with Crippen molar-refractivity contribution in [3.05, 3.63) is 69.3 Å². The quantitative estimate of drug-likeness (QED) is 0.395. The molecule has 146 valence electrons. The average Bonchev–Trinajstić information content (AvgIpc) is 3.03. The third-order valence-corrected chi connectivity index (χ3v) is 4.46. The summed E-state index contributed by atoms with van der Waals surface area (Å²) in [6.45, 7) is 1.86. The highest BCUT2D eigenvalue weighted by atomic mass is 35.5. The van der Waals surface area contributed by atoms with E-state index in [1.54, 1.807) is 36.5 Å². The van der Waals surface area contributed by atoms with E-state index in [1.165, 1.54) is 6.07 Å². The van der Waals surface area contributed by atoms with Crippen LogP contribution in [0.4, 0.5) is 23.1 Å². The van der Waals surface area contributed by atoms with Crippen LogP contribution in [-0.4, -0.2) is 20.9 Å².